The van der Waals surface area contributed by atoms with Gasteiger partial charge in [0.2, 0.25) is 29.5 Å². The fraction of sp³-hybridized carbons (Fsp3) is 0.462. The summed E-state index contributed by atoms with van der Waals surface area (Å²) >= 11 is 0. The zero-order valence-corrected chi connectivity index (χ0v) is 43.7. The summed E-state index contributed by atoms with van der Waals surface area (Å²) < 4.78 is 5.73. The minimum absolute atomic E-state index is 0.0354. The Morgan fingerprint density at radius 2 is 1.33 bits per heavy atom. The molecule has 0 aliphatic heterocycles. The average molecular weight is 1060 g/mol. The fourth-order valence-electron chi connectivity index (χ4n) is 7.37. The number of ether oxygens (including phenoxy) is 1. The second-order valence-corrected chi connectivity index (χ2v) is 18.3. The largest absolute Gasteiger partial charge is 0.508 e. The summed E-state index contributed by atoms with van der Waals surface area (Å²) in [6, 6.07) is 7.22. The number of carbonyl (C=O) groups is 9. The third kappa shape index (κ3) is 23.0. The van der Waals surface area contributed by atoms with Crippen LogP contribution in [0.5, 0.6) is 5.75 Å². The van der Waals surface area contributed by atoms with Crippen molar-refractivity contribution < 1.29 is 68.3 Å². The monoisotopic (exact) mass is 1060 g/mol. The first-order valence-corrected chi connectivity index (χ1v) is 24.4. The molecule has 0 saturated carbocycles. The van der Waals surface area contributed by atoms with E-state index in [1.807, 2.05) is 50.3 Å². The van der Waals surface area contributed by atoms with Crippen LogP contribution in [0.2, 0.25) is 0 Å². The molecule has 15 N–H and O–H groups in total. The lowest BCUT2D eigenvalue weighted by atomic mass is 9.95. The van der Waals surface area contributed by atoms with Gasteiger partial charge in [0.25, 0.3) is 5.91 Å². The van der Waals surface area contributed by atoms with Crippen LogP contribution < -0.4 is 43.8 Å². The molecule has 416 valence electrons. The van der Waals surface area contributed by atoms with Crippen LogP contribution in [0.1, 0.15) is 77.3 Å². The van der Waals surface area contributed by atoms with Crippen LogP contribution in [0.4, 0.5) is 0 Å². The number of benzene rings is 2. The Bertz CT molecular complexity index is 2430. The number of carboxylic acids is 3. The number of nitrogens with two attached hydrogens (primary N) is 3. The average Bonchev–Trinajstić information content (AvgIpc) is 3.37. The van der Waals surface area contributed by atoms with Gasteiger partial charge in [-0.2, -0.15) is 0 Å². The highest BCUT2D eigenvalue weighted by molar-refractivity contribution is 6.00. The van der Waals surface area contributed by atoms with Gasteiger partial charge in [0.05, 0.1) is 18.4 Å². The molecule has 6 amide bonds. The van der Waals surface area contributed by atoms with E-state index in [1.54, 1.807) is 31.4 Å². The molecular weight excluding hydrogens is 989 g/mol. The molecule has 0 fully saturated rings. The first-order valence-electron chi connectivity index (χ1n) is 24.4. The Kier molecular flexibility index (Phi) is 27.2. The highest BCUT2D eigenvalue weighted by atomic mass is 16.5. The number of aliphatic imine (C=N–C) groups is 1. The number of aryl methyl sites for hydroxylation is 1. The van der Waals surface area contributed by atoms with E-state index in [-0.39, 0.29) is 62.4 Å². The van der Waals surface area contributed by atoms with Crippen molar-refractivity contribution in [1.29, 1.82) is 0 Å². The van der Waals surface area contributed by atoms with E-state index in [0.29, 0.717) is 12.0 Å². The molecule has 2 aromatic rings. The number of allylic oxidation sites excluding steroid dienone is 2. The van der Waals surface area contributed by atoms with E-state index in [1.165, 1.54) is 33.0 Å². The van der Waals surface area contributed by atoms with Gasteiger partial charge >= 0.3 is 17.9 Å². The molecule has 2 aromatic carbocycles. The maximum absolute atomic E-state index is 13.6. The summed E-state index contributed by atoms with van der Waals surface area (Å²) in [6.45, 7) is 10.4. The number of nitrogens with zero attached hydrogens (tertiary/aromatic N) is 2. The Morgan fingerprint density at radius 3 is 1.91 bits per heavy atom. The maximum Gasteiger partial charge on any atom is 0.326 e. The van der Waals surface area contributed by atoms with Crippen LogP contribution in [0.3, 0.4) is 0 Å². The van der Waals surface area contributed by atoms with E-state index >= 15 is 0 Å². The van der Waals surface area contributed by atoms with E-state index in [0.717, 1.165) is 16.0 Å². The number of phenols is 1. The molecule has 76 heavy (non-hydrogen) atoms. The number of hydrogen-bond acceptors (Lipinski definition) is 13. The fourth-order valence-corrected chi connectivity index (χ4v) is 7.37. The molecule has 9 atom stereocenters. The summed E-state index contributed by atoms with van der Waals surface area (Å²) in [5.74, 6) is -11.1. The molecule has 0 unspecified atom stereocenters. The minimum atomic E-state index is -1.89. The number of guanidine groups is 1. The Morgan fingerprint density at radius 1 is 0.750 bits per heavy atom. The standard InChI is InChI=1S/C52H74N10O14/c1-29(26-30(2)42(76-7)27-35-12-9-8-10-13-35)15-21-37(53)31(3)45(66)60-40(50(72)73)23-24-44(65)62(6)33(5)47(68)57-32(4)46(67)59-38(22-18-34-16-19-36(63)20-17-34)48(69)61-41(51(74)75)28-43(64)58-39(49(70)71)14-11-25-56-52(54)55/h8-10,12-13,15-17,19-21,26,30-32,37-42,63H,5,11,14,18,22-25,27-28,53H2,1-4,6-7H3,(H,57,68)(H,58,64)(H,59,67)(H,60,66)(H,61,69)(H,70,71)(H,72,73)(H,74,75)(H4,54,55,56)/b21-15+,29-26+/t30-,31-,32+,37-,38-,39-,40+,41+,42-/m0/s1. The predicted octanol–water partition coefficient (Wildman–Crippen LogP) is 0.578. The maximum atomic E-state index is 13.6. The van der Waals surface area contributed by atoms with Crippen molar-refractivity contribution in [3.8, 4) is 5.75 Å². The van der Waals surface area contributed by atoms with E-state index in [2.05, 4.69) is 38.2 Å². The predicted molar refractivity (Wildman–Crippen MR) is 280 cm³/mol. The van der Waals surface area contributed by atoms with Crippen molar-refractivity contribution in [2.24, 2.45) is 34.0 Å². The highest BCUT2D eigenvalue weighted by Gasteiger charge is 2.32. The number of likely N-dealkylation sites (N-methyl/N-ethyl adjacent to an activating group) is 1. The normalized spacial score (nSPS) is 14.9. The van der Waals surface area contributed by atoms with Gasteiger partial charge in [-0.1, -0.05) is 86.7 Å². The zero-order valence-electron chi connectivity index (χ0n) is 43.7. The summed E-state index contributed by atoms with van der Waals surface area (Å²) in [7, 11) is 2.84. The highest BCUT2D eigenvalue weighted by Crippen LogP contribution is 2.18. The Labute approximate surface area is 441 Å². The molecule has 0 aliphatic carbocycles. The number of methoxy groups -OCH3 is 1. The smallest absolute Gasteiger partial charge is 0.326 e. The first kappa shape index (κ1) is 64.0. The molecule has 0 saturated heterocycles. The number of hydrogen-bond donors (Lipinski definition) is 12. The summed E-state index contributed by atoms with van der Waals surface area (Å²) in [5.41, 5.74) is 19.0. The zero-order chi connectivity index (χ0) is 57.2. The number of aromatic hydroxyl groups is 1. The third-order valence-corrected chi connectivity index (χ3v) is 12.2. The van der Waals surface area contributed by atoms with Gasteiger partial charge in [-0.25, -0.2) is 14.4 Å². The van der Waals surface area contributed by atoms with E-state index < -0.39 is 114 Å². The molecule has 0 heterocycles. The molecule has 24 nitrogen and oxygen atoms in total. The van der Waals surface area contributed by atoms with Crippen LogP contribution >= 0.6 is 0 Å². The van der Waals surface area contributed by atoms with Gasteiger partial charge in [-0.15, -0.1) is 0 Å². The van der Waals surface area contributed by atoms with Gasteiger partial charge in [0, 0.05) is 39.1 Å². The molecule has 0 bridgehead atoms. The first-order chi connectivity index (χ1) is 35.7. The van der Waals surface area contributed by atoms with E-state index in [9.17, 15) is 63.6 Å². The molecule has 2 rings (SSSR count). The molecule has 0 radical (unpaired) electrons. The minimum Gasteiger partial charge on any atom is -0.508 e. The van der Waals surface area contributed by atoms with Crippen LogP contribution in [-0.2, 0) is 60.7 Å². The quantitative estimate of drug-likeness (QED) is 0.0153. The number of phenolic OH excluding ortho intramolecular Hbond substituents is 1. The number of aliphatic carboxylic acids is 3. The number of nitrogens with one attached hydrogen (secondary N) is 5. The Hall–Kier alpha value is -8.12. The topological polar surface area (TPSA) is 398 Å². The lowest BCUT2D eigenvalue weighted by Gasteiger charge is -2.25. The molecule has 0 aliphatic rings. The van der Waals surface area contributed by atoms with Crippen molar-refractivity contribution in [2.75, 3.05) is 20.7 Å². The van der Waals surface area contributed by atoms with Gasteiger partial charge in [0.1, 0.15) is 41.7 Å². The lowest BCUT2D eigenvalue weighted by Crippen LogP contribution is -2.56. The number of amides is 6. The van der Waals surface area contributed by atoms with Crippen molar-refractivity contribution >= 4 is 59.3 Å². The number of rotatable bonds is 33. The van der Waals surface area contributed by atoms with Gasteiger partial charge in [-0.05, 0) is 75.6 Å². The van der Waals surface area contributed by atoms with Crippen LogP contribution in [-0.4, -0.2) is 148 Å². The molecule has 0 aromatic heterocycles. The van der Waals surface area contributed by atoms with Crippen molar-refractivity contribution in [3.63, 3.8) is 0 Å². The molecule has 24 heteroatoms. The second kappa shape index (κ2) is 32.2. The summed E-state index contributed by atoms with van der Waals surface area (Å²) in [6.07, 6.45) is 4.28. The van der Waals surface area contributed by atoms with Gasteiger partial charge in [0.15, 0.2) is 5.96 Å². The summed E-state index contributed by atoms with van der Waals surface area (Å²) in [4.78, 5) is 120. The molecular formula is C52H74N10O14. The second-order valence-electron chi connectivity index (χ2n) is 18.3. The SMILES string of the molecule is C=C(C(=O)N[C@H](C)C(=O)N[C@@H](CCc1ccc(O)cc1)C(=O)N[C@H](CC(=O)N[C@@H](CCCN=C(N)N)C(=O)O)C(=O)O)N(C)C(=O)CC[C@@H](NC(=O)[C@@H](C)[C@@H](N)/C=C/C(C)=C/[C@H](C)[C@H](Cc1ccccc1)OC)C(=O)O. The van der Waals surface area contributed by atoms with E-state index in [4.69, 9.17) is 21.9 Å². The number of carboxylic acid groups (broad SMARTS) is 3. The Balaban J connectivity index is 2.06. The van der Waals surface area contributed by atoms with Crippen molar-refractivity contribution in [2.45, 2.75) is 121 Å². The van der Waals surface area contributed by atoms with Gasteiger partial charge in [-0.3, -0.25) is 33.8 Å². The van der Waals surface area contributed by atoms with Crippen LogP contribution in [0, 0.1) is 11.8 Å². The van der Waals surface area contributed by atoms with Gasteiger partial charge < -0.3 is 73.8 Å². The van der Waals surface area contributed by atoms with Crippen molar-refractivity contribution in [3.05, 3.63) is 102 Å². The lowest BCUT2D eigenvalue weighted by molar-refractivity contribution is -0.145. The molecule has 0 spiro atoms. The van der Waals surface area contributed by atoms with Crippen LogP contribution in [0.25, 0.3) is 0 Å². The third-order valence-electron chi connectivity index (χ3n) is 12.2. The number of carbonyl (C=O) groups excluding carboxylic acids is 6. The van der Waals surface area contributed by atoms with Crippen molar-refractivity contribution in [1.82, 2.24) is 31.5 Å². The summed E-state index contributed by atoms with van der Waals surface area (Å²) in [5, 5.41) is 50.7. The van der Waals surface area contributed by atoms with Crippen LogP contribution in [0.15, 0.2) is 95.7 Å².